The predicted molar refractivity (Wildman–Crippen MR) is 71.9 cm³/mol. The third-order valence-corrected chi connectivity index (χ3v) is 4.26. The highest BCUT2D eigenvalue weighted by Gasteiger charge is 2.51. The number of amides is 1. The first-order valence-corrected chi connectivity index (χ1v) is 6.85. The molecule has 0 unspecified atom stereocenters. The maximum Gasteiger partial charge on any atom is 0.307 e. The Morgan fingerprint density at radius 2 is 2.10 bits per heavy atom. The number of carbonyl (C=O) groups excluding carboxylic acids is 1. The normalized spacial score (nSPS) is 30.6. The second-order valence-electron chi connectivity index (χ2n) is 5.38. The molecule has 4 atom stereocenters. The first-order valence-electron chi connectivity index (χ1n) is 6.85. The molecule has 2 bridgehead atoms. The minimum absolute atomic E-state index is 0.0125. The molecule has 1 aromatic heterocycles. The van der Waals surface area contributed by atoms with Crippen molar-refractivity contribution >= 4 is 17.7 Å². The minimum atomic E-state index is -0.888. The molecule has 2 aliphatic carbocycles. The van der Waals surface area contributed by atoms with Crippen LogP contribution in [0.25, 0.3) is 0 Å². The summed E-state index contributed by atoms with van der Waals surface area (Å²) >= 11 is 0. The number of aryl methyl sites for hydroxylation is 1. The highest BCUT2D eigenvalue weighted by Crippen LogP contribution is 2.48. The molecular weight excluding hydrogens is 258 g/mol. The van der Waals surface area contributed by atoms with Gasteiger partial charge >= 0.3 is 5.97 Å². The number of anilines is 1. The molecule has 0 spiro atoms. The first kappa shape index (κ1) is 12.9. The average Bonchev–Trinajstić information content (AvgIpc) is 3.12. The summed E-state index contributed by atoms with van der Waals surface area (Å²) in [6, 6.07) is 1.72. The number of aliphatic carboxylic acids is 1. The van der Waals surface area contributed by atoms with E-state index in [1.54, 1.807) is 16.9 Å². The van der Waals surface area contributed by atoms with Crippen LogP contribution in [0.4, 0.5) is 5.82 Å². The Kier molecular flexibility index (Phi) is 3.08. The van der Waals surface area contributed by atoms with E-state index in [1.807, 2.05) is 19.1 Å². The van der Waals surface area contributed by atoms with Crippen LogP contribution in [0.1, 0.15) is 13.3 Å². The largest absolute Gasteiger partial charge is 0.481 e. The lowest BCUT2D eigenvalue weighted by Gasteiger charge is -2.23. The van der Waals surface area contributed by atoms with Gasteiger partial charge in [-0.25, -0.2) is 0 Å². The second-order valence-corrected chi connectivity index (χ2v) is 5.38. The van der Waals surface area contributed by atoms with Crippen LogP contribution >= 0.6 is 0 Å². The van der Waals surface area contributed by atoms with Crippen molar-refractivity contribution in [3.05, 3.63) is 24.4 Å². The lowest BCUT2D eigenvalue weighted by molar-refractivity contribution is -0.146. The molecular formula is C14H17N3O3. The molecule has 6 heteroatoms. The maximum atomic E-state index is 12.4. The van der Waals surface area contributed by atoms with Crippen LogP contribution in [0.3, 0.4) is 0 Å². The summed E-state index contributed by atoms with van der Waals surface area (Å²) in [5.74, 6) is -1.73. The first-order chi connectivity index (χ1) is 9.60. The number of carbonyl (C=O) groups is 2. The quantitative estimate of drug-likeness (QED) is 0.813. The highest BCUT2D eigenvalue weighted by molar-refractivity contribution is 5.95. The fourth-order valence-corrected chi connectivity index (χ4v) is 3.33. The van der Waals surface area contributed by atoms with Gasteiger partial charge in [0.15, 0.2) is 5.82 Å². The second kappa shape index (κ2) is 4.77. The molecule has 2 N–H and O–H groups in total. The molecule has 1 saturated carbocycles. The standard InChI is InChI=1S/C14H17N3O3/c1-2-17-6-5-10(16-17)15-13(18)11-8-3-4-9(7-8)12(11)14(19)20/h3-6,8-9,11-12H,2,7H2,1H3,(H,19,20)(H,15,16,18)/t8-,9-,11+,12-/m0/s1. The molecule has 20 heavy (non-hydrogen) atoms. The number of aromatic nitrogens is 2. The molecule has 6 nitrogen and oxygen atoms in total. The van der Waals surface area contributed by atoms with Crippen molar-refractivity contribution in [2.75, 3.05) is 5.32 Å². The van der Waals surface area contributed by atoms with Crippen molar-refractivity contribution in [2.45, 2.75) is 19.9 Å². The lowest BCUT2D eigenvalue weighted by Crippen LogP contribution is -2.36. The number of rotatable bonds is 4. The van der Waals surface area contributed by atoms with Crippen molar-refractivity contribution in [1.29, 1.82) is 0 Å². The number of fused-ring (bicyclic) bond motifs is 2. The van der Waals surface area contributed by atoms with Crippen LogP contribution in [0.2, 0.25) is 0 Å². The number of hydrogen-bond acceptors (Lipinski definition) is 3. The minimum Gasteiger partial charge on any atom is -0.481 e. The molecule has 106 valence electrons. The Morgan fingerprint density at radius 3 is 2.70 bits per heavy atom. The maximum absolute atomic E-state index is 12.4. The summed E-state index contributed by atoms with van der Waals surface area (Å²) < 4.78 is 1.71. The van der Waals surface area contributed by atoms with E-state index in [1.165, 1.54) is 0 Å². The summed E-state index contributed by atoms with van der Waals surface area (Å²) in [5, 5.41) is 16.3. The highest BCUT2D eigenvalue weighted by atomic mass is 16.4. The Morgan fingerprint density at radius 1 is 1.40 bits per heavy atom. The van der Waals surface area contributed by atoms with E-state index in [0.717, 1.165) is 13.0 Å². The third-order valence-electron chi connectivity index (χ3n) is 4.26. The van der Waals surface area contributed by atoms with Gasteiger partial charge in [-0.2, -0.15) is 5.10 Å². The SMILES string of the molecule is CCn1ccc(NC(=O)[C@H]2[C@@H](C(=O)O)[C@H]3C=C[C@H]2C3)n1. The van der Waals surface area contributed by atoms with Crippen LogP contribution in [0, 0.1) is 23.7 Å². The fourth-order valence-electron chi connectivity index (χ4n) is 3.33. The molecule has 0 aliphatic heterocycles. The van der Waals surface area contributed by atoms with Gasteiger partial charge in [0.05, 0.1) is 11.8 Å². The predicted octanol–water partition coefficient (Wildman–Crippen LogP) is 1.36. The fraction of sp³-hybridized carbons (Fsp3) is 0.500. The van der Waals surface area contributed by atoms with Gasteiger partial charge < -0.3 is 10.4 Å². The molecule has 0 aromatic carbocycles. The van der Waals surface area contributed by atoms with E-state index in [2.05, 4.69) is 10.4 Å². The third kappa shape index (κ3) is 2.01. The zero-order chi connectivity index (χ0) is 14.3. The lowest BCUT2D eigenvalue weighted by atomic mass is 9.82. The van der Waals surface area contributed by atoms with Gasteiger partial charge in [0.1, 0.15) is 0 Å². The summed E-state index contributed by atoms with van der Waals surface area (Å²) in [5.41, 5.74) is 0. The van der Waals surface area contributed by atoms with Crippen LogP contribution in [-0.4, -0.2) is 26.8 Å². The summed E-state index contributed by atoms with van der Waals surface area (Å²) in [7, 11) is 0. The zero-order valence-electron chi connectivity index (χ0n) is 11.2. The Labute approximate surface area is 116 Å². The number of allylic oxidation sites excluding steroid dienone is 2. The van der Waals surface area contributed by atoms with Crippen molar-refractivity contribution in [3.63, 3.8) is 0 Å². The molecule has 1 amide bonds. The van der Waals surface area contributed by atoms with Gasteiger partial charge in [-0.05, 0) is 25.2 Å². The number of nitrogens with zero attached hydrogens (tertiary/aromatic N) is 2. The zero-order valence-corrected chi connectivity index (χ0v) is 11.2. The van der Waals surface area contributed by atoms with E-state index >= 15 is 0 Å². The van der Waals surface area contributed by atoms with Gasteiger partial charge in [-0.1, -0.05) is 12.2 Å². The van der Waals surface area contributed by atoms with E-state index in [0.29, 0.717) is 5.82 Å². The van der Waals surface area contributed by atoms with Gasteiger partial charge in [0.2, 0.25) is 5.91 Å². The molecule has 1 heterocycles. The summed E-state index contributed by atoms with van der Waals surface area (Å²) in [4.78, 5) is 23.7. The Hall–Kier alpha value is -2.11. The van der Waals surface area contributed by atoms with Crippen molar-refractivity contribution < 1.29 is 14.7 Å². The van der Waals surface area contributed by atoms with E-state index in [-0.39, 0.29) is 17.7 Å². The molecule has 2 aliphatic rings. The van der Waals surface area contributed by atoms with Gasteiger partial charge in [0.25, 0.3) is 0 Å². The summed E-state index contributed by atoms with van der Waals surface area (Å²) in [6.07, 6.45) is 6.45. The van der Waals surface area contributed by atoms with E-state index in [9.17, 15) is 14.7 Å². The smallest absolute Gasteiger partial charge is 0.307 e. The average molecular weight is 275 g/mol. The van der Waals surface area contributed by atoms with Crippen molar-refractivity contribution in [2.24, 2.45) is 23.7 Å². The Balaban J connectivity index is 1.76. The monoisotopic (exact) mass is 275 g/mol. The van der Waals surface area contributed by atoms with Crippen LogP contribution < -0.4 is 5.32 Å². The van der Waals surface area contributed by atoms with Crippen LogP contribution in [0.15, 0.2) is 24.4 Å². The number of hydrogen-bond donors (Lipinski definition) is 2. The topological polar surface area (TPSA) is 84.2 Å². The molecule has 1 fully saturated rings. The van der Waals surface area contributed by atoms with Gasteiger partial charge in [-0.3, -0.25) is 14.3 Å². The van der Waals surface area contributed by atoms with E-state index < -0.39 is 17.8 Å². The molecule has 0 radical (unpaired) electrons. The number of nitrogens with one attached hydrogen (secondary N) is 1. The van der Waals surface area contributed by atoms with E-state index in [4.69, 9.17) is 0 Å². The van der Waals surface area contributed by atoms with Gasteiger partial charge in [0, 0.05) is 18.8 Å². The molecule has 1 aromatic rings. The Bertz CT molecular complexity index is 578. The molecule has 0 saturated heterocycles. The van der Waals surface area contributed by atoms with Crippen molar-refractivity contribution in [1.82, 2.24) is 9.78 Å². The van der Waals surface area contributed by atoms with Crippen molar-refractivity contribution in [3.8, 4) is 0 Å². The number of carboxylic acid groups (broad SMARTS) is 1. The summed E-state index contributed by atoms with van der Waals surface area (Å²) in [6.45, 7) is 2.68. The van der Waals surface area contributed by atoms with Crippen LogP contribution in [0.5, 0.6) is 0 Å². The van der Waals surface area contributed by atoms with Gasteiger partial charge in [-0.15, -0.1) is 0 Å². The number of carboxylic acids is 1. The van der Waals surface area contributed by atoms with Crippen LogP contribution in [-0.2, 0) is 16.1 Å². The molecule has 3 rings (SSSR count).